The van der Waals surface area contributed by atoms with Crippen LogP contribution in [0.4, 0.5) is 5.69 Å². The van der Waals surface area contributed by atoms with Crippen molar-refractivity contribution in [1.29, 1.82) is 0 Å². The molecular weight excluding hydrogens is 302 g/mol. The zero-order valence-corrected chi connectivity index (χ0v) is 12.7. The van der Waals surface area contributed by atoms with Gasteiger partial charge in [0.05, 0.1) is 0 Å². The fourth-order valence-corrected chi connectivity index (χ4v) is 4.18. The Hall–Kier alpha value is -0.830. The molecule has 102 valence electrons. The zero-order chi connectivity index (χ0) is 13.2. The first kappa shape index (κ1) is 13.2. The molecule has 2 aliphatic rings. The van der Waals surface area contributed by atoms with Crippen LogP contribution >= 0.6 is 15.9 Å². The van der Waals surface area contributed by atoms with Gasteiger partial charge in [-0.1, -0.05) is 28.8 Å². The topological polar surface area (TPSA) is 20.3 Å². The Kier molecular flexibility index (Phi) is 3.92. The molecule has 1 unspecified atom stereocenters. The highest BCUT2D eigenvalue weighted by Gasteiger charge is 2.34. The second-order valence-electron chi connectivity index (χ2n) is 5.77. The van der Waals surface area contributed by atoms with Crippen molar-refractivity contribution in [3.63, 3.8) is 0 Å². The lowest BCUT2D eigenvalue weighted by molar-refractivity contribution is 0.112. The first-order chi connectivity index (χ1) is 9.29. The number of anilines is 1. The number of aldehydes is 1. The standard InChI is InChI=1S/C16H20BrNO/c17-14-7-8-16(13(10-14)11-19)18-9-3-6-15(18)12-4-1-2-5-12/h7-8,10-12,15H,1-6,9H2. The van der Waals surface area contributed by atoms with Crippen molar-refractivity contribution < 1.29 is 4.79 Å². The zero-order valence-electron chi connectivity index (χ0n) is 11.1. The highest BCUT2D eigenvalue weighted by molar-refractivity contribution is 9.10. The van der Waals surface area contributed by atoms with Crippen LogP contribution in [-0.2, 0) is 0 Å². The predicted molar refractivity (Wildman–Crippen MR) is 81.9 cm³/mol. The Morgan fingerprint density at radius 3 is 2.68 bits per heavy atom. The lowest BCUT2D eigenvalue weighted by Crippen LogP contribution is -2.35. The van der Waals surface area contributed by atoms with Crippen molar-refractivity contribution >= 4 is 27.9 Å². The van der Waals surface area contributed by atoms with Crippen LogP contribution in [-0.4, -0.2) is 18.9 Å². The molecule has 1 saturated heterocycles. The van der Waals surface area contributed by atoms with E-state index >= 15 is 0 Å². The molecule has 19 heavy (non-hydrogen) atoms. The van der Waals surface area contributed by atoms with Gasteiger partial charge >= 0.3 is 0 Å². The van der Waals surface area contributed by atoms with Gasteiger partial charge in [0.15, 0.2) is 6.29 Å². The van der Waals surface area contributed by atoms with Gasteiger partial charge in [-0.3, -0.25) is 4.79 Å². The van der Waals surface area contributed by atoms with Crippen molar-refractivity contribution in [1.82, 2.24) is 0 Å². The molecular formula is C16H20BrNO. The van der Waals surface area contributed by atoms with Crippen LogP contribution in [0.15, 0.2) is 22.7 Å². The third-order valence-electron chi connectivity index (χ3n) is 4.67. The van der Waals surface area contributed by atoms with Gasteiger partial charge in [-0.05, 0) is 49.8 Å². The molecule has 2 nitrogen and oxygen atoms in total. The summed E-state index contributed by atoms with van der Waals surface area (Å²) in [4.78, 5) is 13.8. The van der Waals surface area contributed by atoms with E-state index in [2.05, 4.69) is 26.9 Å². The second kappa shape index (κ2) is 5.66. The third kappa shape index (κ3) is 2.58. The summed E-state index contributed by atoms with van der Waals surface area (Å²) >= 11 is 3.45. The summed E-state index contributed by atoms with van der Waals surface area (Å²) in [6, 6.07) is 6.74. The fourth-order valence-electron chi connectivity index (χ4n) is 3.81. The quantitative estimate of drug-likeness (QED) is 0.768. The molecule has 3 heteroatoms. The minimum absolute atomic E-state index is 0.655. The van der Waals surface area contributed by atoms with Crippen LogP contribution in [0.3, 0.4) is 0 Å². The van der Waals surface area contributed by atoms with E-state index in [1.165, 1.54) is 38.5 Å². The van der Waals surface area contributed by atoms with Crippen molar-refractivity contribution in [2.24, 2.45) is 5.92 Å². The van der Waals surface area contributed by atoms with Crippen LogP contribution in [0, 0.1) is 5.92 Å². The maximum Gasteiger partial charge on any atom is 0.152 e. The summed E-state index contributed by atoms with van der Waals surface area (Å²) in [5.41, 5.74) is 1.95. The number of nitrogens with zero attached hydrogens (tertiary/aromatic N) is 1. The third-order valence-corrected chi connectivity index (χ3v) is 5.16. The maximum absolute atomic E-state index is 11.3. The monoisotopic (exact) mass is 321 g/mol. The summed E-state index contributed by atoms with van der Waals surface area (Å²) in [5, 5.41) is 0. The SMILES string of the molecule is O=Cc1cc(Br)ccc1N1CCCC1C1CCCC1. The maximum atomic E-state index is 11.3. The van der Waals surface area contributed by atoms with Gasteiger partial charge in [0.25, 0.3) is 0 Å². The van der Waals surface area contributed by atoms with Crippen LogP contribution in [0.1, 0.15) is 48.9 Å². The Morgan fingerprint density at radius 1 is 1.16 bits per heavy atom. The van der Waals surface area contributed by atoms with Gasteiger partial charge in [-0.2, -0.15) is 0 Å². The second-order valence-corrected chi connectivity index (χ2v) is 6.68. The molecule has 0 radical (unpaired) electrons. The van der Waals surface area contributed by atoms with E-state index in [4.69, 9.17) is 0 Å². The number of carbonyl (C=O) groups is 1. The van der Waals surface area contributed by atoms with Gasteiger partial charge in [-0.25, -0.2) is 0 Å². The van der Waals surface area contributed by atoms with Crippen molar-refractivity contribution in [3.8, 4) is 0 Å². The van der Waals surface area contributed by atoms with Crippen molar-refractivity contribution in [3.05, 3.63) is 28.2 Å². The summed E-state index contributed by atoms with van der Waals surface area (Å²) in [6.45, 7) is 1.10. The Balaban J connectivity index is 1.89. The molecule has 2 fully saturated rings. The number of rotatable bonds is 3. The minimum Gasteiger partial charge on any atom is -0.368 e. The molecule has 1 heterocycles. The molecule has 3 rings (SSSR count). The van der Waals surface area contributed by atoms with Gasteiger partial charge in [0, 0.05) is 28.3 Å². The molecule has 1 saturated carbocycles. The average Bonchev–Trinajstić information content (AvgIpc) is 3.08. The summed E-state index contributed by atoms with van der Waals surface area (Å²) in [7, 11) is 0. The molecule has 0 bridgehead atoms. The lowest BCUT2D eigenvalue weighted by atomic mass is 9.95. The molecule has 1 aromatic carbocycles. The summed E-state index contributed by atoms with van der Waals surface area (Å²) < 4.78 is 0.981. The molecule has 1 atom stereocenters. The van der Waals surface area contributed by atoms with E-state index in [0.717, 1.165) is 34.5 Å². The van der Waals surface area contributed by atoms with E-state index in [-0.39, 0.29) is 0 Å². The van der Waals surface area contributed by atoms with Crippen molar-refractivity contribution in [2.45, 2.75) is 44.6 Å². The van der Waals surface area contributed by atoms with E-state index in [0.29, 0.717) is 6.04 Å². The fraction of sp³-hybridized carbons (Fsp3) is 0.562. The Morgan fingerprint density at radius 2 is 1.95 bits per heavy atom. The average molecular weight is 322 g/mol. The lowest BCUT2D eigenvalue weighted by Gasteiger charge is -2.32. The molecule has 0 aromatic heterocycles. The van der Waals surface area contributed by atoms with Gasteiger partial charge in [0.1, 0.15) is 0 Å². The first-order valence-electron chi connectivity index (χ1n) is 7.31. The van der Waals surface area contributed by atoms with Gasteiger partial charge < -0.3 is 4.90 Å². The molecule has 1 aliphatic carbocycles. The van der Waals surface area contributed by atoms with Crippen LogP contribution in [0.25, 0.3) is 0 Å². The number of hydrogen-bond acceptors (Lipinski definition) is 2. The van der Waals surface area contributed by atoms with E-state index in [1.807, 2.05) is 12.1 Å². The Bertz CT molecular complexity index is 468. The van der Waals surface area contributed by atoms with E-state index < -0.39 is 0 Å². The van der Waals surface area contributed by atoms with Gasteiger partial charge in [-0.15, -0.1) is 0 Å². The van der Waals surface area contributed by atoms with E-state index in [1.54, 1.807) is 0 Å². The number of carbonyl (C=O) groups excluding carboxylic acids is 1. The summed E-state index contributed by atoms with van der Waals surface area (Å²) in [6.07, 6.45) is 9.05. The Labute approximate surface area is 123 Å². The molecule has 1 aromatic rings. The normalized spacial score (nSPS) is 24.1. The van der Waals surface area contributed by atoms with E-state index in [9.17, 15) is 4.79 Å². The summed E-state index contributed by atoms with van der Waals surface area (Å²) in [5.74, 6) is 0.839. The molecule has 0 amide bonds. The largest absolute Gasteiger partial charge is 0.368 e. The van der Waals surface area contributed by atoms with Crippen molar-refractivity contribution in [2.75, 3.05) is 11.4 Å². The van der Waals surface area contributed by atoms with Crippen LogP contribution in [0.2, 0.25) is 0 Å². The smallest absolute Gasteiger partial charge is 0.152 e. The molecule has 0 N–H and O–H groups in total. The number of hydrogen-bond donors (Lipinski definition) is 0. The number of halogens is 1. The van der Waals surface area contributed by atoms with Gasteiger partial charge in [0.2, 0.25) is 0 Å². The molecule has 1 aliphatic heterocycles. The minimum atomic E-state index is 0.655. The number of benzene rings is 1. The molecule has 0 spiro atoms. The highest BCUT2D eigenvalue weighted by atomic mass is 79.9. The van der Waals surface area contributed by atoms with Crippen LogP contribution < -0.4 is 4.90 Å². The predicted octanol–water partition coefficient (Wildman–Crippen LogP) is 4.42. The highest BCUT2D eigenvalue weighted by Crippen LogP contribution is 2.38. The van der Waals surface area contributed by atoms with Crippen LogP contribution in [0.5, 0.6) is 0 Å². The first-order valence-corrected chi connectivity index (χ1v) is 8.10.